The van der Waals surface area contributed by atoms with Gasteiger partial charge in [0.25, 0.3) is 0 Å². The first-order valence-corrected chi connectivity index (χ1v) is 7.12. The van der Waals surface area contributed by atoms with Gasteiger partial charge in [-0.1, -0.05) is 12.1 Å². The summed E-state index contributed by atoms with van der Waals surface area (Å²) in [7, 11) is 0. The van der Waals surface area contributed by atoms with Crippen molar-refractivity contribution in [3.63, 3.8) is 0 Å². The molecule has 1 fully saturated rings. The first kappa shape index (κ1) is 14.4. The number of carbonyl (C=O) groups excluding carboxylic acids is 3. The predicted molar refractivity (Wildman–Crippen MR) is 76.1 cm³/mol. The summed E-state index contributed by atoms with van der Waals surface area (Å²) in [5.41, 5.74) is 5.74. The molecule has 1 aromatic carbocycles. The van der Waals surface area contributed by atoms with Crippen molar-refractivity contribution >= 4 is 35.2 Å². The molecular weight excluding hydrogens is 278 g/mol. The fourth-order valence-corrected chi connectivity index (χ4v) is 2.62. The Morgan fingerprint density at radius 2 is 2.15 bits per heavy atom. The average Bonchev–Trinajstić information content (AvgIpc) is 2.84. The van der Waals surface area contributed by atoms with Gasteiger partial charge in [-0.25, -0.2) is 0 Å². The molecule has 6 nitrogen and oxygen atoms in total. The number of para-hydroxylation sites is 1. The molecule has 1 unspecified atom stereocenters. The van der Waals surface area contributed by atoms with Crippen molar-refractivity contribution in [3.05, 3.63) is 24.3 Å². The molecule has 1 heterocycles. The quantitative estimate of drug-likeness (QED) is 0.681. The summed E-state index contributed by atoms with van der Waals surface area (Å²) in [6.07, 6.45) is 0.211. The summed E-state index contributed by atoms with van der Waals surface area (Å²) in [5.74, 6) is -0.925. The number of rotatable bonds is 5. The molecule has 1 atom stereocenters. The summed E-state index contributed by atoms with van der Waals surface area (Å²) >= 11 is 1.27. The fraction of sp³-hybridized carbons (Fsp3) is 0.308. The van der Waals surface area contributed by atoms with Gasteiger partial charge in [-0.05, 0) is 12.1 Å². The van der Waals surface area contributed by atoms with E-state index in [0.29, 0.717) is 12.2 Å². The van der Waals surface area contributed by atoms with Crippen LogP contribution < -0.4 is 16.4 Å². The van der Waals surface area contributed by atoms with E-state index >= 15 is 0 Å². The van der Waals surface area contributed by atoms with Gasteiger partial charge in [0.15, 0.2) is 0 Å². The molecule has 1 aliphatic rings. The van der Waals surface area contributed by atoms with E-state index < -0.39 is 5.91 Å². The molecule has 3 amide bonds. The molecule has 0 radical (unpaired) electrons. The SMILES string of the molecule is NC(=O)CSc1ccccc1NC(=O)C1CNC(=O)C1. The highest BCUT2D eigenvalue weighted by molar-refractivity contribution is 8.00. The van der Waals surface area contributed by atoms with Crippen molar-refractivity contribution in [3.8, 4) is 0 Å². The highest BCUT2D eigenvalue weighted by Gasteiger charge is 2.28. The van der Waals surface area contributed by atoms with Crippen LogP contribution in [0.2, 0.25) is 0 Å². The Balaban J connectivity index is 2.03. The molecule has 0 saturated carbocycles. The van der Waals surface area contributed by atoms with Crippen LogP contribution in [0, 0.1) is 5.92 Å². The Hall–Kier alpha value is -2.02. The third-order valence-electron chi connectivity index (χ3n) is 2.86. The van der Waals surface area contributed by atoms with Gasteiger partial charge >= 0.3 is 0 Å². The summed E-state index contributed by atoms with van der Waals surface area (Å²) in [6, 6.07) is 7.17. The second kappa shape index (κ2) is 6.42. The van der Waals surface area contributed by atoms with Gasteiger partial charge in [-0.2, -0.15) is 0 Å². The number of amides is 3. The fourth-order valence-electron chi connectivity index (χ4n) is 1.87. The maximum Gasteiger partial charge on any atom is 0.229 e. The first-order valence-electron chi connectivity index (χ1n) is 6.14. The van der Waals surface area contributed by atoms with E-state index in [1.165, 1.54) is 11.8 Å². The van der Waals surface area contributed by atoms with E-state index in [-0.39, 0.29) is 29.9 Å². The number of carbonyl (C=O) groups is 3. The number of thioether (sulfide) groups is 1. The topological polar surface area (TPSA) is 101 Å². The zero-order valence-electron chi connectivity index (χ0n) is 10.7. The van der Waals surface area contributed by atoms with Crippen molar-refractivity contribution in [2.45, 2.75) is 11.3 Å². The van der Waals surface area contributed by atoms with E-state index in [1.54, 1.807) is 18.2 Å². The number of primary amides is 1. The normalized spacial score (nSPS) is 17.6. The Labute approximate surface area is 120 Å². The van der Waals surface area contributed by atoms with Crippen LogP contribution in [0.4, 0.5) is 5.69 Å². The summed E-state index contributed by atoms with van der Waals surface area (Å²) in [4.78, 5) is 34.7. The highest BCUT2D eigenvalue weighted by atomic mass is 32.2. The molecule has 4 N–H and O–H groups in total. The van der Waals surface area contributed by atoms with Gasteiger partial charge in [0.05, 0.1) is 17.4 Å². The van der Waals surface area contributed by atoms with Gasteiger partial charge in [0, 0.05) is 17.9 Å². The number of nitrogens with two attached hydrogens (primary N) is 1. The van der Waals surface area contributed by atoms with Crippen LogP contribution in [0.15, 0.2) is 29.2 Å². The van der Waals surface area contributed by atoms with Crippen LogP contribution in [0.1, 0.15) is 6.42 Å². The lowest BCUT2D eigenvalue weighted by atomic mass is 10.1. The van der Waals surface area contributed by atoms with Crippen molar-refractivity contribution in [2.75, 3.05) is 17.6 Å². The minimum absolute atomic E-state index is 0.110. The van der Waals surface area contributed by atoms with Gasteiger partial charge in [-0.3, -0.25) is 14.4 Å². The molecule has 20 heavy (non-hydrogen) atoms. The van der Waals surface area contributed by atoms with Crippen LogP contribution in [0.3, 0.4) is 0 Å². The molecular formula is C13H15N3O3S. The lowest BCUT2D eigenvalue weighted by Crippen LogP contribution is -2.25. The molecule has 1 saturated heterocycles. The number of anilines is 1. The predicted octanol–water partition coefficient (Wildman–Crippen LogP) is 0.339. The molecule has 0 aliphatic carbocycles. The van der Waals surface area contributed by atoms with Gasteiger partial charge < -0.3 is 16.4 Å². The van der Waals surface area contributed by atoms with Gasteiger partial charge in [0.2, 0.25) is 17.7 Å². The average molecular weight is 293 g/mol. The van der Waals surface area contributed by atoms with Crippen molar-refractivity contribution < 1.29 is 14.4 Å². The largest absolute Gasteiger partial charge is 0.369 e. The summed E-state index contributed by atoms with van der Waals surface area (Å²) in [6.45, 7) is 0.362. The van der Waals surface area contributed by atoms with E-state index in [2.05, 4.69) is 10.6 Å². The smallest absolute Gasteiger partial charge is 0.229 e. The molecule has 1 aromatic rings. The maximum absolute atomic E-state index is 12.0. The molecule has 0 bridgehead atoms. The Morgan fingerprint density at radius 1 is 1.40 bits per heavy atom. The molecule has 7 heteroatoms. The standard InChI is InChI=1S/C13H15N3O3S/c14-11(17)7-20-10-4-2-1-3-9(10)16-13(19)8-5-12(18)15-6-8/h1-4,8H,5-7H2,(H2,14,17)(H,15,18)(H,16,19). The summed E-state index contributed by atoms with van der Waals surface area (Å²) < 4.78 is 0. The first-order chi connectivity index (χ1) is 9.56. The van der Waals surface area contributed by atoms with Crippen LogP contribution in [0.25, 0.3) is 0 Å². The molecule has 106 valence electrons. The lowest BCUT2D eigenvalue weighted by molar-refractivity contribution is -0.123. The number of nitrogens with one attached hydrogen (secondary N) is 2. The van der Waals surface area contributed by atoms with Crippen LogP contribution in [-0.4, -0.2) is 30.0 Å². The molecule has 1 aliphatic heterocycles. The second-order valence-corrected chi connectivity index (χ2v) is 5.46. The highest BCUT2D eigenvalue weighted by Crippen LogP contribution is 2.27. The Morgan fingerprint density at radius 3 is 2.80 bits per heavy atom. The summed E-state index contributed by atoms with van der Waals surface area (Å²) in [5, 5.41) is 5.42. The van der Waals surface area contributed by atoms with E-state index in [1.807, 2.05) is 6.07 Å². The minimum atomic E-state index is -0.415. The molecule has 2 rings (SSSR count). The molecule has 0 spiro atoms. The van der Waals surface area contributed by atoms with Gasteiger partial charge in [-0.15, -0.1) is 11.8 Å². The third kappa shape index (κ3) is 3.74. The minimum Gasteiger partial charge on any atom is -0.369 e. The van der Waals surface area contributed by atoms with Gasteiger partial charge in [0.1, 0.15) is 0 Å². The van der Waals surface area contributed by atoms with Crippen molar-refractivity contribution in [1.29, 1.82) is 0 Å². The van der Waals surface area contributed by atoms with Crippen molar-refractivity contribution in [2.24, 2.45) is 11.7 Å². The van der Waals surface area contributed by atoms with Crippen LogP contribution in [-0.2, 0) is 14.4 Å². The van der Waals surface area contributed by atoms with Crippen molar-refractivity contribution in [1.82, 2.24) is 5.32 Å². The van der Waals surface area contributed by atoms with Crippen LogP contribution in [0.5, 0.6) is 0 Å². The van der Waals surface area contributed by atoms with Crippen LogP contribution >= 0.6 is 11.8 Å². The van der Waals surface area contributed by atoms with E-state index in [9.17, 15) is 14.4 Å². The zero-order chi connectivity index (χ0) is 14.5. The lowest BCUT2D eigenvalue weighted by Gasteiger charge is -2.12. The zero-order valence-corrected chi connectivity index (χ0v) is 11.5. The number of hydrogen-bond acceptors (Lipinski definition) is 4. The maximum atomic E-state index is 12.0. The second-order valence-electron chi connectivity index (χ2n) is 4.45. The monoisotopic (exact) mass is 293 g/mol. The number of hydrogen-bond donors (Lipinski definition) is 3. The molecule has 0 aromatic heterocycles. The third-order valence-corrected chi connectivity index (χ3v) is 3.96. The Kier molecular flexibility index (Phi) is 4.62. The van der Waals surface area contributed by atoms with E-state index in [4.69, 9.17) is 5.73 Å². The Bertz CT molecular complexity index is 547. The van der Waals surface area contributed by atoms with E-state index in [0.717, 1.165) is 4.90 Å². The number of benzene rings is 1.